The number of hydrogen-bond acceptors (Lipinski definition) is 3. The van der Waals surface area contributed by atoms with Crippen LogP contribution in [0.25, 0.3) is 0 Å². The van der Waals surface area contributed by atoms with Crippen molar-refractivity contribution < 1.29 is 17.5 Å². The monoisotopic (exact) mass is 260 g/mol. The van der Waals surface area contributed by atoms with Gasteiger partial charge < -0.3 is 4.74 Å². The van der Waals surface area contributed by atoms with Crippen molar-refractivity contribution in [2.75, 3.05) is 12.4 Å². The van der Waals surface area contributed by atoms with Crippen LogP contribution in [0.2, 0.25) is 0 Å². The van der Waals surface area contributed by atoms with Crippen LogP contribution in [0.3, 0.4) is 0 Å². The number of para-hydroxylation sites is 1. The van der Waals surface area contributed by atoms with Crippen LogP contribution in [-0.4, -0.2) is 25.5 Å². The molecular weight excluding hydrogens is 243 g/mol. The molecule has 1 aromatic carbocycles. The van der Waals surface area contributed by atoms with Gasteiger partial charge in [-0.3, -0.25) is 0 Å². The minimum absolute atomic E-state index is 0.0411. The van der Waals surface area contributed by atoms with E-state index in [9.17, 15) is 12.8 Å². The number of sulfone groups is 1. The van der Waals surface area contributed by atoms with E-state index in [1.807, 2.05) is 0 Å². The molecule has 3 nitrogen and oxygen atoms in total. The lowest BCUT2D eigenvalue weighted by Gasteiger charge is -2.19. The van der Waals surface area contributed by atoms with Crippen molar-refractivity contribution in [2.24, 2.45) is 0 Å². The third-order valence-corrected chi connectivity index (χ3v) is 4.95. The largest absolute Gasteiger partial charge is 0.489 e. The zero-order valence-electron chi connectivity index (χ0n) is 10.2. The molecule has 0 heterocycles. The first-order valence-electron chi connectivity index (χ1n) is 5.34. The van der Waals surface area contributed by atoms with Gasteiger partial charge in [0.15, 0.2) is 21.4 Å². The molecule has 0 fully saturated rings. The zero-order chi connectivity index (χ0) is 13.1. The highest BCUT2D eigenvalue weighted by atomic mass is 32.2. The van der Waals surface area contributed by atoms with Crippen LogP contribution in [0, 0.1) is 5.82 Å². The van der Waals surface area contributed by atoms with Gasteiger partial charge in [0.25, 0.3) is 0 Å². The molecule has 1 rings (SSSR count). The Balaban J connectivity index is 2.58. The molecule has 0 unspecified atom stereocenters. The molecular formula is C12H17FO3S. The van der Waals surface area contributed by atoms with Crippen molar-refractivity contribution in [3.8, 4) is 5.75 Å². The normalized spacial score (nSPS) is 12.5. The fraction of sp³-hybridized carbons (Fsp3) is 0.500. The second-order valence-electron chi connectivity index (χ2n) is 4.71. The highest BCUT2D eigenvalue weighted by Gasteiger charge is 2.28. The molecule has 0 saturated heterocycles. The van der Waals surface area contributed by atoms with E-state index in [2.05, 4.69) is 0 Å². The van der Waals surface area contributed by atoms with Crippen LogP contribution >= 0.6 is 0 Å². The van der Waals surface area contributed by atoms with E-state index in [0.29, 0.717) is 0 Å². The predicted octanol–water partition coefficient (Wildman–Crippen LogP) is 2.42. The van der Waals surface area contributed by atoms with Crippen LogP contribution in [0.4, 0.5) is 4.39 Å². The summed E-state index contributed by atoms with van der Waals surface area (Å²) in [5.74, 6) is -0.526. The van der Waals surface area contributed by atoms with Gasteiger partial charge in [-0.25, -0.2) is 12.8 Å². The molecule has 0 radical (unpaired) electrons. The average Bonchev–Trinajstić information content (AvgIpc) is 2.19. The number of ether oxygens (including phenoxy) is 1. The van der Waals surface area contributed by atoms with Gasteiger partial charge in [-0.1, -0.05) is 12.1 Å². The molecule has 0 atom stereocenters. The molecule has 0 aromatic heterocycles. The van der Waals surface area contributed by atoms with Gasteiger partial charge >= 0.3 is 0 Å². The van der Waals surface area contributed by atoms with E-state index in [-0.39, 0.29) is 18.1 Å². The molecule has 1 aromatic rings. The van der Waals surface area contributed by atoms with Crippen molar-refractivity contribution in [3.63, 3.8) is 0 Å². The molecule has 0 bridgehead atoms. The lowest BCUT2D eigenvalue weighted by Crippen LogP contribution is -2.32. The minimum atomic E-state index is -3.23. The summed E-state index contributed by atoms with van der Waals surface area (Å²) in [5, 5.41) is 0. The average molecular weight is 260 g/mol. The first-order valence-corrected chi connectivity index (χ1v) is 6.99. The van der Waals surface area contributed by atoms with Gasteiger partial charge in [0.1, 0.15) is 6.61 Å². The van der Waals surface area contributed by atoms with Crippen molar-refractivity contribution in [1.82, 2.24) is 0 Å². The van der Waals surface area contributed by atoms with Crippen molar-refractivity contribution in [2.45, 2.75) is 25.5 Å². The van der Waals surface area contributed by atoms with Gasteiger partial charge in [-0.05, 0) is 32.9 Å². The van der Waals surface area contributed by atoms with Crippen LogP contribution in [0.1, 0.15) is 20.8 Å². The lowest BCUT2D eigenvalue weighted by molar-refractivity contribution is 0.321. The smallest absolute Gasteiger partial charge is 0.165 e. The molecule has 0 aliphatic heterocycles. The summed E-state index contributed by atoms with van der Waals surface area (Å²) in [6.07, 6.45) is 0. The fourth-order valence-corrected chi connectivity index (χ4v) is 2.04. The van der Waals surface area contributed by atoms with Crippen LogP contribution < -0.4 is 4.74 Å². The maximum Gasteiger partial charge on any atom is 0.165 e. The van der Waals surface area contributed by atoms with E-state index in [1.165, 1.54) is 12.1 Å². The topological polar surface area (TPSA) is 43.4 Å². The number of hydrogen-bond donors (Lipinski definition) is 0. The standard InChI is InChI=1S/C12H17FO3S/c1-12(2,3)17(14,15)9-8-16-11-7-5-4-6-10(11)13/h4-7H,8-9H2,1-3H3. The van der Waals surface area contributed by atoms with Crippen LogP contribution in [-0.2, 0) is 9.84 Å². The molecule has 0 saturated carbocycles. The number of rotatable bonds is 4. The SMILES string of the molecule is CC(C)(C)S(=O)(=O)CCOc1ccccc1F. The first kappa shape index (κ1) is 14.0. The molecule has 17 heavy (non-hydrogen) atoms. The highest BCUT2D eigenvalue weighted by molar-refractivity contribution is 7.92. The van der Waals surface area contributed by atoms with Gasteiger partial charge in [0.05, 0.1) is 10.5 Å². The third kappa shape index (κ3) is 3.70. The predicted molar refractivity (Wildman–Crippen MR) is 65.4 cm³/mol. The molecule has 0 N–H and O–H groups in total. The van der Waals surface area contributed by atoms with E-state index >= 15 is 0 Å². The Kier molecular flexibility index (Phi) is 4.14. The lowest BCUT2D eigenvalue weighted by atomic mass is 10.3. The maximum atomic E-state index is 13.2. The Hall–Kier alpha value is -1.10. The van der Waals surface area contributed by atoms with E-state index in [4.69, 9.17) is 4.74 Å². The summed E-state index contributed by atoms with van der Waals surface area (Å²) < 4.78 is 41.0. The van der Waals surface area contributed by atoms with Crippen molar-refractivity contribution >= 4 is 9.84 Å². The van der Waals surface area contributed by atoms with Gasteiger partial charge in [-0.2, -0.15) is 0 Å². The Morgan fingerprint density at radius 2 is 1.82 bits per heavy atom. The summed E-state index contributed by atoms with van der Waals surface area (Å²) in [6.45, 7) is 4.85. The summed E-state index contributed by atoms with van der Waals surface area (Å²) in [7, 11) is -3.23. The molecule has 96 valence electrons. The summed E-state index contributed by atoms with van der Waals surface area (Å²) >= 11 is 0. The second-order valence-corrected chi connectivity index (χ2v) is 7.57. The van der Waals surface area contributed by atoms with Crippen LogP contribution in [0.15, 0.2) is 24.3 Å². The molecule has 5 heteroatoms. The molecule has 0 aliphatic carbocycles. The van der Waals surface area contributed by atoms with E-state index < -0.39 is 20.4 Å². The number of halogens is 1. The Bertz CT molecular complexity index is 475. The van der Waals surface area contributed by atoms with E-state index in [0.717, 1.165) is 0 Å². The minimum Gasteiger partial charge on any atom is -0.489 e. The third-order valence-electron chi connectivity index (χ3n) is 2.38. The van der Waals surface area contributed by atoms with Crippen molar-refractivity contribution in [1.29, 1.82) is 0 Å². The summed E-state index contributed by atoms with van der Waals surface area (Å²) in [6, 6.07) is 5.93. The Morgan fingerprint density at radius 1 is 1.24 bits per heavy atom. The van der Waals surface area contributed by atoms with Crippen LogP contribution in [0.5, 0.6) is 5.75 Å². The second kappa shape index (κ2) is 5.04. The molecule has 0 aliphatic rings. The Labute approximate surface area is 102 Å². The maximum absolute atomic E-state index is 13.2. The van der Waals surface area contributed by atoms with Gasteiger partial charge in [0, 0.05) is 0 Å². The highest BCUT2D eigenvalue weighted by Crippen LogP contribution is 2.18. The zero-order valence-corrected chi connectivity index (χ0v) is 11.1. The quantitative estimate of drug-likeness (QED) is 0.835. The van der Waals surface area contributed by atoms with Crippen molar-refractivity contribution in [3.05, 3.63) is 30.1 Å². The van der Waals surface area contributed by atoms with Gasteiger partial charge in [-0.15, -0.1) is 0 Å². The van der Waals surface area contributed by atoms with Gasteiger partial charge in [0.2, 0.25) is 0 Å². The summed E-state index contributed by atoms with van der Waals surface area (Å²) in [4.78, 5) is 0. The summed E-state index contributed by atoms with van der Waals surface area (Å²) in [5.41, 5.74) is 0. The van der Waals surface area contributed by atoms with E-state index in [1.54, 1.807) is 32.9 Å². The Morgan fingerprint density at radius 3 is 2.35 bits per heavy atom. The fourth-order valence-electron chi connectivity index (χ4n) is 1.13. The molecule has 0 spiro atoms. The number of benzene rings is 1. The first-order chi connectivity index (χ1) is 7.74. The molecule has 0 amide bonds.